The Balaban J connectivity index is 4.32. The number of carbonyl (C=O) groups excluding carboxylic acids is 2. The fourth-order valence-corrected chi connectivity index (χ4v) is 1.84. The van der Waals surface area contributed by atoms with Gasteiger partial charge < -0.3 is 10.0 Å². The first-order chi connectivity index (χ1) is 9.07. The molecule has 0 spiro atoms. The lowest BCUT2D eigenvalue weighted by Crippen LogP contribution is -2.43. The third kappa shape index (κ3) is 7.76. The zero-order valence-electron chi connectivity index (χ0n) is 13.0. The van der Waals surface area contributed by atoms with Crippen LogP contribution < -0.4 is 5.32 Å². The molecule has 0 saturated carbocycles. The number of urea groups is 1. The second-order valence-electron chi connectivity index (χ2n) is 6.16. The molecule has 2 N–H and O–H groups in total. The molecular weight excluding hydrogens is 260 g/mol. The number of rotatable bonds is 7. The van der Waals surface area contributed by atoms with E-state index in [0.717, 1.165) is 6.42 Å². The molecule has 116 valence electrons. The van der Waals surface area contributed by atoms with E-state index in [4.69, 9.17) is 5.11 Å². The quantitative estimate of drug-likeness (QED) is 0.750. The fourth-order valence-electron chi connectivity index (χ4n) is 1.84. The Bertz CT molecular complexity index is 366. The third-order valence-corrected chi connectivity index (χ3v) is 3.14. The van der Waals surface area contributed by atoms with E-state index < -0.39 is 23.3 Å². The second-order valence-corrected chi connectivity index (χ2v) is 6.16. The van der Waals surface area contributed by atoms with Gasteiger partial charge in [-0.15, -0.1) is 0 Å². The predicted molar refractivity (Wildman–Crippen MR) is 76.3 cm³/mol. The molecule has 0 aliphatic rings. The predicted octanol–water partition coefficient (Wildman–Crippen LogP) is 2.09. The van der Waals surface area contributed by atoms with E-state index in [9.17, 15) is 14.4 Å². The van der Waals surface area contributed by atoms with E-state index in [1.807, 2.05) is 13.8 Å². The molecule has 6 nitrogen and oxygen atoms in total. The minimum Gasteiger partial charge on any atom is -0.481 e. The monoisotopic (exact) mass is 286 g/mol. The summed E-state index contributed by atoms with van der Waals surface area (Å²) in [6, 6.07) is -0.443. The van der Waals surface area contributed by atoms with Crippen molar-refractivity contribution in [3.05, 3.63) is 0 Å². The minimum absolute atomic E-state index is 0.00219. The number of nitrogens with zero attached hydrogens (tertiary/aromatic N) is 1. The smallest absolute Gasteiger partial charge is 0.323 e. The van der Waals surface area contributed by atoms with Gasteiger partial charge in [-0.05, 0) is 11.3 Å². The van der Waals surface area contributed by atoms with Crippen LogP contribution in [0.2, 0.25) is 0 Å². The van der Waals surface area contributed by atoms with Crippen LogP contribution in [0.3, 0.4) is 0 Å². The van der Waals surface area contributed by atoms with Gasteiger partial charge in [-0.1, -0.05) is 34.1 Å². The van der Waals surface area contributed by atoms with Crippen LogP contribution in [0.25, 0.3) is 0 Å². The largest absolute Gasteiger partial charge is 0.481 e. The van der Waals surface area contributed by atoms with Crippen molar-refractivity contribution in [1.82, 2.24) is 10.2 Å². The van der Waals surface area contributed by atoms with Crippen LogP contribution in [0.1, 0.15) is 47.0 Å². The van der Waals surface area contributed by atoms with Gasteiger partial charge in [0.15, 0.2) is 0 Å². The first-order valence-corrected chi connectivity index (χ1v) is 6.84. The molecular formula is C14H26N2O4. The van der Waals surface area contributed by atoms with Crippen molar-refractivity contribution in [3.63, 3.8) is 0 Å². The average Bonchev–Trinajstić information content (AvgIpc) is 2.25. The Morgan fingerprint density at radius 2 is 1.80 bits per heavy atom. The molecule has 0 rings (SSSR count). The normalized spacial score (nSPS) is 12.7. The van der Waals surface area contributed by atoms with Gasteiger partial charge in [0.05, 0.1) is 6.42 Å². The summed E-state index contributed by atoms with van der Waals surface area (Å²) in [6.07, 6.45) is 0.844. The lowest BCUT2D eigenvalue weighted by atomic mass is 9.85. The van der Waals surface area contributed by atoms with Crippen LogP contribution in [-0.4, -0.2) is 41.5 Å². The summed E-state index contributed by atoms with van der Waals surface area (Å²) >= 11 is 0. The van der Waals surface area contributed by atoms with Gasteiger partial charge in [0, 0.05) is 20.0 Å². The van der Waals surface area contributed by atoms with Crippen LogP contribution in [0.5, 0.6) is 0 Å². The Kier molecular flexibility index (Phi) is 7.24. The maximum atomic E-state index is 11.8. The number of aliphatic carboxylic acids is 1. The molecule has 0 bridgehead atoms. The summed E-state index contributed by atoms with van der Waals surface area (Å²) in [5.74, 6) is -1.04. The molecule has 0 saturated heterocycles. The first-order valence-electron chi connectivity index (χ1n) is 6.84. The lowest BCUT2D eigenvalue weighted by Gasteiger charge is -2.24. The topological polar surface area (TPSA) is 86.7 Å². The van der Waals surface area contributed by atoms with E-state index >= 15 is 0 Å². The first kappa shape index (κ1) is 18.4. The molecule has 0 radical (unpaired) electrons. The van der Waals surface area contributed by atoms with Gasteiger partial charge >= 0.3 is 12.0 Å². The number of amides is 3. The zero-order valence-corrected chi connectivity index (χ0v) is 13.0. The molecule has 6 heteroatoms. The molecule has 0 aromatic carbocycles. The average molecular weight is 286 g/mol. The standard InChI is InChI=1S/C14H26N2O4/c1-6-10(2)9-16(5)13(20)15-11(17)7-14(3,4)8-12(18)19/h10H,6-9H2,1-5H3,(H,18,19)(H,15,17,20). The van der Waals surface area contributed by atoms with Gasteiger partial charge in [-0.3, -0.25) is 14.9 Å². The molecule has 1 atom stereocenters. The summed E-state index contributed by atoms with van der Waals surface area (Å²) in [5, 5.41) is 11.0. The minimum atomic E-state index is -0.956. The van der Waals surface area contributed by atoms with Gasteiger partial charge in [0.2, 0.25) is 5.91 Å². The summed E-state index contributed by atoms with van der Waals surface area (Å²) < 4.78 is 0. The van der Waals surface area contributed by atoms with Crippen molar-refractivity contribution < 1.29 is 19.5 Å². The molecule has 0 aliphatic heterocycles. The van der Waals surface area contributed by atoms with E-state index in [1.54, 1.807) is 20.9 Å². The van der Waals surface area contributed by atoms with Crippen molar-refractivity contribution >= 4 is 17.9 Å². The Hall–Kier alpha value is -1.59. The molecule has 0 aliphatic carbocycles. The molecule has 20 heavy (non-hydrogen) atoms. The maximum Gasteiger partial charge on any atom is 0.323 e. The van der Waals surface area contributed by atoms with Crippen LogP contribution in [-0.2, 0) is 9.59 Å². The van der Waals surface area contributed by atoms with E-state index in [2.05, 4.69) is 5.32 Å². The van der Waals surface area contributed by atoms with E-state index in [0.29, 0.717) is 12.5 Å². The van der Waals surface area contributed by atoms with Crippen molar-refractivity contribution in [3.8, 4) is 0 Å². The highest BCUT2D eigenvalue weighted by Gasteiger charge is 2.26. The van der Waals surface area contributed by atoms with Crippen molar-refractivity contribution in [1.29, 1.82) is 0 Å². The molecule has 0 aromatic rings. The number of carboxylic acids is 1. The van der Waals surface area contributed by atoms with Crippen molar-refractivity contribution in [2.24, 2.45) is 11.3 Å². The third-order valence-electron chi connectivity index (χ3n) is 3.14. The highest BCUT2D eigenvalue weighted by atomic mass is 16.4. The van der Waals surface area contributed by atoms with Crippen molar-refractivity contribution in [2.45, 2.75) is 47.0 Å². The van der Waals surface area contributed by atoms with Gasteiger partial charge in [0.25, 0.3) is 0 Å². The maximum absolute atomic E-state index is 11.8. The van der Waals surface area contributed by atoms with Gasteiger partial charge in [-0.25, -0.2) is 4.79 Å². The van der Waals surface area contributed by atoms with Crippen LogP contribution in [0.15, 0.2) is 0 Å². The highest BCUT2D eigenvalue weighted by molar-refractivity contribution is 5.94. The number of carbonyl (C=O) groups is 3. The number of hydrogen-bond acceptors (Lipinski definition) is 3. The van der Waals surface area contributed by atoms with Crippen molar-refractivity contribution in [2.75, 3.05) is 13.6 Å². The Morgan fingerprint density at radius 3 is 2.25 bits per heavy atom. The number of imide groups is 1. The molecule has 0 aromatic heterocycles. The molecule has 3 amide bonds. The molecule has 0 fully saturated rings. The highest BCUT2D eigenvalue weighted by Crippen LogP contribution is 2.24. The van der Waals surface area contributed by atoms with Crippen LogP contribution in [0.4, 0.5) is 4.79 Å². The lowest BCUT2D eigenvalue weighted by molar-refractivity contribution is -0.139. The second kappa shape index (κ2) is 7.87. The summed E-state index contributed by atoms with van der Waals surface area (Å²) in [7, 11) is 1.64. The SMILES string of the molecule is CCC(C)CN(C)C(=O)NC(=O)CC(C)(C)CC(=O)O. The van der Waals surface area contributed by atoms with Crippen LogP contribution in [0, 0.1) is 11.3 Å². The Labute approximate surface area is 120 Å². The summed E-state index contributed by atoms with van der Waals surface area (Å²) in [4.78, 5) is 35.7. The van der Waals surface area contributed by atoms with Gasteiger partial charge in [-0.2, -0.15) is 0 Å². The zero-order chi connectivity index (χ0) is 15.9. The summed E-state index contributed by atoms with van der Waals surface area (Å²) in [6.45, 7) is 8.02. The number of hydrogen-bond donors (Lipinski definition) is 2. The van der Waals surface area contributed by atoms with Gasteiger partial charge in [0.1, 0.15) is 0 Å². The number of carboxylic acid groups (broad SMARTS) is 1. The van der Waals surface area contributed by atoms with Crippen LogP contribution >= 0.6 is 0 Å². The fraction of sp³-hybridized carbons (Fsp3) is 0.786. The van der Waals surface area contributed by atoms with E-state index in [-0.39, 0.29) is 12.8 Å². The number of nitrogens with one attached hydrogen (secondary N) is 1. The summed E-state index contributed by atoms with van der Waals surface area (Å²) in [5.41, 5.74) is -0.675. The molecule has 0 heterocycles. The van der Waals surface area contributed by atoms with E-state index in [1.165, 1.54) is 4.90 Å². The Morgan fingerprint density at radius 1 is 1.25 bits per heavy atom. The molecule has 1 unspecified atom stereocenters.